The fourth-order valence-corrected chi connectivity index (χ4v) is 3.50. The number of aryl methyl sites for hydroxylation is 1. The van der Waals surface area contributed by atoms with E-state index in [-0.39, 0.29) is 11.8 Å². The van der Waals surface area contributed by atoms with Gasteiger partial charge in [-0.2, -0.15) is 0 Å². The van der Waals surface area contributed by atoms with E-state index in [4.69, 9.17) is 0 Å². The molecule has 1 fully saturated rings. The molecule has 1 N–H and O–H groups in total. The number of hydrogen-bond acceptors (Lipinski definition) is 4. The number of unbranched alkanes of at least 4 members (excludes halogenated alkanes) is 2. The number of carbonyl (C=O) groups is 1. The Hall–Kier alpha value is -2.43. The van der Waals surface area contributed by atoms with Crippen molar-refractivity contribution in [1.82, 2.24) is 15.5 Å². The van der Waals surface area contributed by atoms with Gasteiger partial charge in [-0.05, 0) is 38.3 Å². The molecule has 0 spiro atoms. The molecule has 1 aromatic heterocycles. The van der Waals surface area contributed by atoms with Crippen molar-refractivity contribution in [2.75, 3.05) is 24.5 Å². The Bertz CT molecular complexity index is 727. The molecule has 0 radical (unpaired) electrons. The lowest BCUT2D eigenvalue weighted by Gasteiger charge is -2.32. The second kappa shape index (κ2) is 9.49. The van der Waals surface area contributed by atoms with E-state index < -0.39 is 0 Å². The third-order valence-corrected chi connectivity index (χ3v) is 5.19. The largest absolute Gasteiger partial charge is 0.356 e. The molecule has 0 aliphatic carbocycles. The van der Waals surface area contributed by atoms with Gasteiger partial charge in [-0.15, -0.1) is 10.2 Å². The molecule has 5 heteroatoms. The number of nitrogens with zero attached hydrogens (tertiary/aromatic N) is 3. The first-order valence-electron chi connectivity index (χ1n) is 10.1. The number of nitrogens with one attached hydrogen (secondary N) is 1. The highest BCUT2D eigenvalue weighted by Gasteiger charge is 2.26. The molecule has 1 aliphatic heterocycles. The molecule has 144 valence electrons. The smallest absolute Gasteiger partial charge is 0.224 e. The minimum Gasteiger partial charge on any atom is -0.356 e. The Morgan fingerprint density at radius 3 is 2.67 bits per heavy atom. The highest BCUT2D eigenvalue weighted by Crippen LogP contribution is 2.23. The van der Waals surface area contributed by atoms with Crippen LogP contribution in [0.4, 0.5) is 5.82 Å². The number of carbonyl (C=O) groups excluding carboxylic acids is 1. The first kappa shape index (κ1) is 19.3. The molecule has 2 aromatic rings. The normalized spacial score (nSPS) is 17.0. The fraction of sp³-hybridized carbons (Fsp3) is 0.500. The number of rotatable bonds is 7. The lowest BCUT2D eigenvalue weighted by atomic mass is 9.97. The maximum atomic E-state index is 12.4. The van der Waals surface area contributed by atoms with E-state index in [1.54, 1.807) is 0 Å². The van der Waals surface area contributed by atoms with Crippen molar-refractivity contribution in [3.05, 3.63) is 42.0 Å². The van der Waals surface area contributed by atoms with Crippen molar-refractivity contribution in [3.63, 3.8) is 0 Å². The molecular weight excluding hydrogens is 336 g/mol. The number of anilines is 1. The Morgan fingerprint density at radius 2 is 1.96 bits per heavy atom. The number of benzene rings is 1. The van der Waals surface area contributed by atoms with Crippen molar-refractivity contribution in [1.29, 1.82) is 0 Å². The monoisotopic (exact) mass is 366 g/mol. The summed E-state index contributed by atoms with van der Waals surface area (Å²) in [4.78, 5) is 14.6. The van der Waals surface area contributed by atoms with Gasteiger partial charge >= 0.3 is 0 Å². The van der Waals surface area contributed by atoms with Gasteiger partial charge in [-0.25, -0.2) is 0 Å². The predicted octanol–water partition coefficient (Wildman–Crippen LogP) is 3.97. The number of amides is 1. The average Bonchev–Trinajstić information content (AvgIpc) is 2.72. The highest BCUT2D eigenvalue weighted by molar-refractivity contribution is 5.79. The molecule has 1 aromatic carbocycles. The first-order chi connectivity index (χ1) is 13.2. The fourth-order valence-electron chi connectivity index (χ4n) is 3.50. The summed E-state index contributed by atoms with van der Waals surface area (Å²) in [5.74, 6) is 1.08. The van der Waals surface area contributed by atoms with Crippen molar-refractivity contribution in [2.45, 2.75) is 46.0 Å². The number of hydrogen-bond donors (Lipinski definition) is 1. The van der Waals surface area contributed by atoms with Gasteiger partial charge in [-0.1, -0.05) is 49.6 Å². The van der Waals surface area contributed by atoms with Crippen LogP contribution in [0.3, 0.4) is 0 Å². The van der Waals surface area contributed by atoms with E-state index in [1.807, 2.05) is 12.1 Å². The molecule has 0 bridgehead atoms. The summed E-state index contributed by atoms with van der Waals surface area (Å²) in [5.41, 5.74) is 3.18. The summed E-state index contributed by atoms with van der Waals surface area (Å²) in [5, 5.41) is 11.9. The topological polar surface area (TPSA) is 58.1 Å². The van der Waals surface area contributed by atoms with Crippen LogP contribution < -0.4 is 10.2 Å². The predicted molar refractivity (Wildman–Crippen MR) is 110 cm³/mol. The summed E-state index contributed by atoms with van der Waals surface area (Å²) >= 11 is 0. The Labute approximate surface area is 162 Å². The quantitative estimate of drug-likeness (QED) is 0.753. The Morgan fingerprint density at radius 1 is 1.15 bits per heavy atom. The lowest BCUT2D eigenvalue weighted by molar-refractivity contribution is -0.125. The van der Waals surface area contributed by atoms with E-state index in [0.29, 0.717) is 0 Å². The van der Waals surface area contributed by atoms with E-state index >= 15 is 0 Å². The van der Waals surface area contributed by atoms with Gasteiger partial charge in [0.25, 0.3) is 0 Å². The molecular formula is C22H30N4O. The minimum atomic E-state index is 0.0407. The Balaban J connectivity index is 1.59. The second-order valence-electron chi connectivity index (χ2n) is 7.43. The van der Waals surface area contributed by atoms with Gasteiger partial charge in [0.05, 0.1) is 11.6 Å². The van der Waals surface area contributed by atoms with Gasteiger partial charge < -0.3 is 10.2 Å². The van der Waals surface area contributed by atoms with Crippen LogP contribution in [0.2, 0.25) is 0 Å². The lowest BCUT2D eigenvalue weighted by Crippen LogP contribution is -2.43. The zero-order chi connectivity index (χ0) is 19.1. The molecule has 27 heavy (non-hydrogen) atoms. The number of aromatic nitrogens is 2. The molecule has 0 saturated carbocycles. The zero-order valence-electron chi connectivity index (χ0n) is 16.4. The van der Waals surface area contributed by atoms with E-state index in [1.165, 1.54) is 18.4 Å². The van der Waals surface area contributed by atoms with Crippen LogP contribution in [-0.2, 0) is 4.79 Å². The number of piperidine rings is 1. The van der Waals surface area contributed by atoms with E-state index in [0.717, 1.165) is 56.0 Å². The molecule has 1 saturated heterocycles. The van der Waals surface area contributed by atoms with Crippen LogP contribution in [0, 0.1) is 12.8 Å². The van der Waals surface area contributed by atoms with Crippen molar-refractivity contribution in [2.24, 2.45) is 5.92 Å². The molecule has 1 atom stereocenters. The Kier molecular flexibility index (Phi) is 6.80. The van der Waals surface area contributed by atoms with E-state index in [2.05, 4.69) is 58.5 Å². The summed E-state index contributed by atoms with van der Waals surface area (Å²) in [6, 6.07) is 12.3. The van der Waals surface area contributed by atoms with Crippen molar-refractivity contribution < 1.29 is 4.79 Å². The summed E-state index contributed by atoms with van der Waals surface area (Å²) in [6.07, 6.45) is 5.36. The van der Waals surface area contributed by atoms with Gasteiger partial charge in [0, 0.05) is 25.2 Å². The van der Waals surface area contributed by atoms with Crippen LogP contribution in [0.15, 0.2) is 36.4 Å². The molecule has 0 unspecified atom stereocenters. The molecule has 5 nitrogen and oxygen atoms in total. The van der Waals surface area contributed by atoms with Gasteiger partial charge in [0.15, 0.2) is 5.82 Å². The first-order valence-corrected chi connectivity index (χ1v) is 10.1. The van der Waals surface area contributed by atoms with Crippen LogP contribution in [-0.4, -0.2) is 35.7 Å². The molecule has 1 amide bonds. The zero-order valence-corrected chi connectivity index (χ0v) is 16.4. The average molecular weight is 367 g/mol. The van der Waals surface area contributed by atoms with Crippen molar-refractivity contribution in [3.8, 4) is 11.3 Å². The SMILES string of the molecule is CCCCCNC(=O)[C@H]1CCCN(c2ccc(-c3ccc(C)cc3)nn2)C1. The summed E-state index contributed by atoms with van der Waals surface area (Å²) < 4.78 is 0. The third kappa shape index (κ3) is 5.28. The van der Waals surface area contributed by atoms with Crippen LogP contribution in [0.5, 0.6) is 0 Å². The van der Waals surface area contributed by atoms with Gasteiger partial charge in [0.1, 0.15) is 0 Å². The summed E-state index contributed by atoms with van der Waals surface area (Å²) in [6.45, 7) is 6.68. The van der Waals surface area contributed by atoms with Crippen LogP contribution >= 0.6 is 0 Å². The van der Waals surface area contributed by atoms with Crippen molar-refractivity contribution >= 4 is 11.7 Å². The van der Waals surface area contributed by atoms with Gasteiger partial charge in [-0.3, -0.25) is 4.79 Å². The third-order valence-electron chi connectivity index (χ3n) is 5.19. The molecule has 3 rings (SSSR count). The standard InChI is InChI=1S/C22H30N4O/c1-3-4-5-14-23-22(27)19-7-6-15-26(16-19)21-13-12-20(24-25-21)18-10-8-17(2)9-11-18/h8-13,19H,3-7,14-16H2,1-2H3,(H,23,27)/t19-/m0/s1. The maximum absolute atomic E-state index is 12.4. The van der Waals surface area contributed by atoms with Crippen LogP contribution in [0.25, 0.3) is 11.3 Å². The summed E-state index contributed by atoms with van der Waals surface area (Å²) in [7, 11) is 0. The second-order valence-corrected chi connectivity index (χ2v) is 7.43. The highest BCUT2D eigenvalue weighted by atomic mass is 16.1. The minimum absolute atomic E-state index is 0.0407. The van der Waals surface area contributed by atoms with E-state index in [9.17, 15) is 4.79 Å². The molecule has 2 heterocycles. The van der Waals surface area contributed by atoms with Gasteiger partial charge in [0.2, 0.25) is 5.91 Å². The van der Waals surface area contributed by atoms with Crippen LogP contribution in [0.1, 0.15) is 44.6 Å². The molecule has 1 aliphatic rings. The maximum Gasteiger partial charge on any atom is 0.224 e.